The maximum absolute atomic E-state index is 5.92. The molecule has 0 bridgehead atoms. The Hall–Kier alpha value is -0.940. The molecule has 0 spiro atoms. The molecule has 5 heteroatoms. The number of aromatic nitrogens is 1. The Morgan fingerprint density at radius 1 is 1.22 bits per heavy atom. The van der Waals surface area contributed by atoms with Gasteiger partial charge in [0.05, 0.1) is 15.7 Å². The molecule has 0 radical (unpaired) electrons. The smallest absolute Gasteiger partial charge is 0.0931 e. The summed E-state index contributed by atoms with van der Waals surface area (Å²) in [5.74, 6) is 0. The van der Waals surface area contributed by atoms with Crippen LogP contribution in [-0.4, -0.2) is 16.9 Å². The standard InChI is InChI=1S/C13H16ClN3S/c1-17(9-12-5-6-13(14)18-12)8-11-4-2-3-10(7-15)16-11/h2-6H,7-9,15H2,1H3. The van der Waals surface area contributed by atoms with Crippen LogP contribution in [0.15, 0.2) is 30.3 Å². The van der Waals surface area contributed by atoms with E-state index >= 15 is 0 Å². The molecular formula is C13H16ClN3S. The van der Waals surface area contributed by atoms with Crippen molar-refractivity contribution < 1.29 is 0 Å². The second kappa shape index (κ2) is 6.29. The molecule has 2 heterocycles. The Balaban J connectivity index is 1.96. The molecule has 0 aliphatic carbocycles. The van der Waals surface area contributed by atoms with Gasteiger partial charge in [-0.15, -0.1) is 11.3 Å². The van der Waals surface area contributed by atoms with Gasteiger partial charge in [-0.25, -0.2) is 0 Å². The van der Waals surface area contributed by atoms with E-state index in [9.17, 15) is 0 Å². The fraction of sp³-hybridized carbons (Fsp3) is 0.308. The van der Waals surface area contributed by atoms with Gasteiger partial charge in [-0.05, 0) is 31.3 Å². The van der Waals surface area contributed by atoms with Gasteiger partial charge in [-0.2, -0.15) is 0 Å². The van der Waals surface area contributed by atoms with E-state index in [4.69, 9.17) is 17.3 Å². The third kappa shape index (κ3) is 3.78. The van der Waals surface area contributed by atoms with Gasteiger partial charge in [0.15, 0.2) is 0 Å². The highest BCUT2D eigenvalue weighted by molar-refractivity contribution is 7.16. The van der Waals surface area contributed by atoms with Crippen LogP contribution in [0.25, 0.3) is 0 Å². The number of hydrogen-bond acceptors (Lipinski definition) is 4. The molecule has 3 nitrogen and oxygen atoms in total. The lowest BCUT2D eigenvalue weighted by Crippen LogP contribution is -2.17. The zero-order valence-corrected chi connectivity index (χ0v) is 11.8. The van der Waals surface area contributed by atoms with Gasteiger partial charge in [0.25, 0.3) is 0 Å². The van der Waals surface area contributed by atoms with Gasteiger partial charge in [0.2, 0.25) is 0 Å². The maximum Gasteiger partial charge on any atom is 0.0931 e. The lowest BCUT2D eigenvalue weighted by molar-refractivity contribution is 0.317. The molecule has 2 N–H and O–H groups in total. The van der Waals surface area contributed by atoms with Crippen LogP contribution in [0, 0.1) is 0 Å². The molecule has 2 aromatic rings. The lowest BCUT2D eigenvalue weighted by atomic mass is 10.3. The minimum Gasteiger partial charge on any atom is -0.325 e. The number of hydrogen-bond donors (Lipinski definition) is 1. The van der Waals surface area contributed by atoms with Crippen LogP contribution in [0.3, 0.4) is 0 Å². The summed E-state index contributed by atoms with van der Waals surface area (Å²) in [6.07, 6.45) is 0. The summed E-state index contributed by atoms with van der Waals surface area (Å²) in [6.45, 7) is 2.17. The predicted molar refractivity (Wildman–Crippen MR) is 76.6 cm³/mol. The molecule has 0 aromatic carbocycles. The highest BCUT2D eigenvalue weighted by Gasteiger charge is 2.05. The number of nitrogens with zero attached hydrogens (tertiary/aromatic N) is 2. The zero-order chi connectivity index (χ0) is 13.0. The summed E-state index contributed by atoms with van der Waals surface area (Å²) in [6, 6.07) is 9.97. The SMILES string of the molecule is CN(Cc1cccc(CN)n1)Cc1ccc(Cl)s1. The number of pyridine rings is 1. The molecule has 0 unspecified atom stereocenters. The first kappa shape index (κ1) is 13.5. The van der Waals surface area contributed by atoms with E-state index in [2.05, 4.69) is 23.0 Å². The van der Waals surface area contributed by atoms with Crippen molar-refractivity contribution in [2.75, 3.05) is 7.05 Å². The quantitative estimate of drug-likeness (QED) is 0.916. The van der Waals surface area contributed by atoms with Crippen LogP contribution in [0.1, 0.15) is 16.3 Å². The van der Waals surface area contributed by atoms with Crippen molar-refractivity contribution >= 4 is 22.9 Å². The topological polar surface area (TPSA) is 42.1 Å². The average Bonchev–Trinajstić information content (AvgIpc) is 2.74. The van der Waals surface area contributed by atoms with Crippen LogP contribution >= 0.6 is 22.9 Å². The van der Waals surface area contributed by atoms with Crippen LogP contribution in [-0.2, 0) is 19.6 Å². The van der Waals surface area contributed by atoms with Gasteiger partial charge in [0.1, 0.15) is 0 Å². The molecule has 0 aliphatic heterocycles. The van der Waals surface area contributed by atoms with Gasteiger partial charge < -0.3 is 5.73 Å². The number of rotatable bonds is 5. The summed E-state index contributed by atoms with van der Waals surface area (Å²) in [5, 5.41) is 0. The molecule has 0 atom stereocenters. The molecule has 0 saturated heterocycles. The second-order valence-electron chi connectivity index (χ2n) is 4.20. The molecule has 18 heavy (non-hydrogen) atoms. The summed E-state index contributed by atoms with van der Waals surface area (Å²) in [7, 11) is 2.07. The van der Waals surface area contributed by atoms with Crippen molar-refractivity contribution in [3.8, 4) is 0 Å². The van der Waals surface area contributed by atoms with Gasteiger partial charge in [0, 0.05) is 24.5 Å². The Kier molecular flexibility index (Phi) is 4.72. The highest BCUT2D eigenvalue weighted by atomic mass is 35.5. The number of thiophene rings is 1. The van der Waals surface area contributed by atoms with Gasteiger partial charge in [-0.1, -0.05) is 17.7 Å². The number of halogens is 1. The van der Waals surface area contributed by atoms with Crippen molar-refractivity contribution in [2.24, 2.45) is 5.73 Å². The Morgan fingerprint density at radius 2 is 2.00 bits per heavy atom. The van der Waals surface area contributed by atoms with E-state index < -0.39 is 0 Å². The Morgan fingerprint density at radius 3 is 2.67 bits per heavy atom. The summed E-state index contributed by atoms with van der Waals surface area (Å²) in [5.41, 5.74) is 7.56. The zero-order valence-electron chi connectivity index (χ0n) is 10.3. The van der Waals surface area contributed by atoms with Crippen molar-refractivity contribution in [2.45, 2.75) is 19.6 Å². The van der Waals surface area contributed by atoms with E-state index in [-0.39, 0.29) is 0 Å². The molecule has 0 aliphatic rings. The molecule has 2 rings (SSSR count). The van der Waals surface area contributed by atoms with E-state index in [1.54, 1.807) is 11.3 Å². The van der Waals surface area contributed by atoms with Crippen LogP contribution in [0.4, 0.5) is 0 Å². The summed E-state index contributed by atoms with van der Waals surface area (Å²) in [4.78, 5) is 7.96. The third-order valence-electron chi connectivity index (χ3n) is 2.56. The molecule has 0 fully saturated rings. The lowest BCUT2D eigenvalue weighted by Gasteiger charge is -2.15. The minimum atomic E-state index is 0.484. The number of nitrogens with two attached hydrogens (primary N) is 1. The van der Waals surface area contributed by atoms with Crippen LogP contribution in [0.5, 0.6) is 0 Å². The van der Waals surface area contributed by atoms with E-state index in [0.29, 0.717) is 6.54 Å². The van der Waals surface area contributed by atoms with Gasteiger partial charge >= 0.3 is 0 Å². The molecular weight excluding hydrogens is 266 g/mol. The normalized spacial score (nSPS) is 11.1. The van der Waals surface area contributed by atoms with E-state index in [1.165, 1.54) is 4.88 Å². The summed E-state index contributed by atoms with van der Waals surface area (Å²) < 4.78 is 0.835. The first-order valence-electron chi connectivity index (χ1n) is 5.75. The molecule has 0 amide bonds. The Bertz CT molecular complexity index is 512. The van der Waals surface area contributed by atoms with Gasteiger partial charge in [-0.3, -0.25) is 9.88 Å². The highest BCUT2D eigenvalue weighted by Crippen LogP contribution is 2.22. The second-order valence-corrected chi connectivity index (χ2v) is 6.00. The van der Waals surface area contributed by atoms with Crippen LogP contribution in [0.2, 0.25) is 4.34 Å². The first-order chi connectivity index (χ1) is 8.67. The van der Waals surface area contributed by atoms with Crippen LogP contribution < -0.4 is 5.73 Å². The van der Waals surface area contributed by atoms with Crippen molar-refractivity contribution in [1.29, 1.82) is 0 Å². The monoisotopic (exact) mass is 281 g/mol. The molecule has 0 saturated carbocycles. The van der Waals surface area contributed by atoms with E-state index in [0.717, 1.165) is 28.8 Å². The predicted octanol–water partition coefficient (Wildman–Crippen LogP) is 2.89. The van der Waals surface area contributed by atoms with Crippen molar-refractivity contribution in [3.05, 3.63) is 50.9 Å². The van der Waals surface area contributed by atoms with Crippen molar-refractivity contribution in [1.82, 2.24) is 9.88 Å². The Labute approximate surface area is 116 Å². The minimum absolute atomic E-state index is 0.484. The largest absolute Gasteiger partial charge is 0.325 e. The first-order valence-corrected chi connectivity index (χ1v) is 6.94. The third-order valence-corrected chi connectivity index (χ3v) is 3.78. The average molecular weight is 282 g/mol. The fourth-order valence-electron chi connectivity index (χ4n) is 1.77. The molecule has 96 valence electrons. The van der Waals surface area contributed by atoms with E-state index in [1.807, 2.05) is 24.3 Å². The summed E-state index contributed by atoms with van der Waals surface area (Å²) >= 11 is 7.54. The van der Waals surface area contributed by atoms with Crippen molar-refractivity contribution in [3.63, 3.8) is 0 Å². The molecule has 2 aromatic heterocycles. The fourth-order valence-corrected chi connectivity index (χ4v) is 2.93. The maximum atomic E-state index is 5.92.